The summed E-state index contributed by atoms with van der Waals surface area (Å²) in [6.07, 6.45) is -3.45. The van der Waals surface area contributed by atoms with Crippen LogP contribution < -0.4 is 0 Å². The number of aromatic amines is 1. The van der Waals surface area contributed by atoms with Crippen LogP contribution in [0, 0.1) is 0 Å². The first-order chi connectivity index (χ1) is 9.73. The van der Waals surface area contributed by atoms with Gasteiger partial charge < -0.3 is 15.2 Å². The van der Waals surface area contributed by atoms with Crippen molar-refractivity contribution in [3.8, 4) is 0 Å². The van der Waals surface area contributed by atoms with Crippen LogP contribution in [-0.2, 0) is 11.2 Å². The van der Waals surface area contributed by atoms with Crippen molar-refractivity contribution in [2.45, 2.75) is 12.8 Å². The Hall–Kier alpha value is -1.72. The SMILES string of the molecule is [3H]C(C(=O)O)C([3H])c1c(C(=O)O)[nH]c2cc(Cl)cc(Cl)c12. The molecule has 5 nitrogen and oxygen atoms in total. The van der Waals surface area contributed by atoms with Crippen molar-refractivity contribution < 1.29 is 22.5 Å². The van der Waals surface area contributed by atoms with Crippen molar-refractivity contribution in [1.82, 2.24) is 4.98 Å². The van der Waals surface area contributed by atoms with Gasteiger partial charge in [0, 0.05) is 25.1 Å². The Morgan fingerprint density at radius 2 is 2.00 bits per heavy atom. The van der Waals surface area contributed by atoms with E-state index in [1.807, 2.05) is 0 Å². The molecule has 0 saturated carbocycles. The van der Waals surface area contributed by atoms with Gasteiger partial charge in [0.2, 0.25) is 0 Å². The van der Waals surface area contributed by atoms with E-state index in [9.17, 15) is 14.7 Å². The summed E-state index contributed by atoms with van der Waals surface area (Å²) in [5.41, 5.74) is -0.232. The van der Waals surface area contributed by atoms with Gasteiger partial charge in [0.05, 0.1) is 5.02 Å². The molecule has 2 aromatic rings. The zero-order valence-electron chi connectivity index (χ0n) is 11.3. The lowest BCUT2D eigenvalue weighted by atomic mass is 10.1. The molecular formula is C12H9Cl2NO4. The smallest absolute Gasteiger partial charge is 0.352 e. The monoisotopic (exact) mass is 305 g/mol. The Kier molecular flexibility index (Phi) is 2.99. The van der Waals surface area contributed by atoms with Gasteiger partial charge in [0.15, 0.2) is 0 Å². The lowest BCUT2D eigenvalue weighted by molar-refractivity contribution is -0.136. The number of aromatic carboxylic acids is 1. The average molecular weight is 306 g/mol. The first-order valence-electron chi connectivity index (χ1n) is 6.20. The van der Waals surface area contributed by atoms with E-state index in [1.54, 1.807) is 0 Å². The molecule has 2 atom stereocenters. The quantitative estimate of drug-likeness (QED) is 0.809. The molecule has 0 aliphatic carbocycles. The lowest BCUT2D eigenvalue weighted by Crippen LogP contribution is -2.04. The van der Waals surface area contributed by atoms with Crippen LogP contribution in [0.2, 0.25) is 10.0 Å². The summed E-state index contributed by atoms with van der Waals surface area (Å²) in [6, 6.07) is 2.78. The number of hydrogen-bond acceptors (Lipinski definition) is 2. The summed E-state index contributed by atoms with van der Waals surface area (Å²) in [5.74, 6) is -2.89. The molecule has 2 unspecified atom stereocenters. The summed E-state index contributed by atoms with van der Waals surface area (Å²) in [5, 5.41) is 18.6. The van der Waals surface area contributed by atoms with E-state index in [2.05, 4.69) is 4.98 Å². The van der Waals surface area contributed by atoms with Crippen LogP contribution in [0.5, 0.6) is 0 Å². The number of benzene rings is 1. The summed E-state index contributed by atoms with van der Waals surface area (Å²) < 4.78 is 15.4. The number of nitrogens with one attached hydrogen (secondary N) is 1. The van der Waals surface area contributed by atoms with Crippen molar-refractivity contribution in [2.24, 2.45) is 0 Å². The maximum atomic E-state index is 11.3. The largest absolute Gasteiger partial charge is 0.481 e. The minimum atomic E-state index is -1.84. The van der Waals surface area contributed by atoms with Crippen LogP contribution in [-0.4, -0.2) is 27.1 Å². The molecule has 0 bridgehead atoms. The van der Waals surface area contributed by atoms with Gasteiger partial charge in [-0.25, -0.2) is 4.79 Å². The zero-order chi connectivity index (χ0) is 15.9. The van der Waals surface area contributed by atoms with Crippen LogP contribution in [0.25, 0.3) is 10.9 Å². The van der Waals surface area contributed by atoms with Crippen molar-refractivity contribution >= 4 is 46.0 Å². The van der Waals surface area contributed by atoms with E-state index in [-0.39, 0.29) is 32.2 Å². The van der Waals surface area contributed by atoms with E-state index in [0.29, 0.717) is 0 Å². The van der Waals surface area contributed by atoms with Gasteiger partial charge in [-0.15, -0.1) is 0 Å². The standard InChI is InChI=1S/C12H9Cl2NO4/c13-5-3-7(14)10-6(1-2-9(16)17)11(12(18)19)15-8(10)4-5/h3-4,15H,1-2H2,(H,16,17)(H,18,19)/i1T,2T. The Bertz CT molecular complexity index is 746. The van der Waals surface area contributed by atoms with Crippen molar-refractivity contribution in [3.05, 3.63) is 33.4 Å². The van der Waals surface area contributed by atoms with Crippen molar-refractivity contribution in [2.75, 3.05) is 0 Å². The second-order valence-electron chi connectivity index (χ2n) is 3.70. The third-order valence-electron chi connectivity index (χ3n) is 2.46. The molecular weight excluding hydrogens is 293 g/mol. The molecule has 0 aliphatic heterocycles. The molecule has 0 aliphatic rings. The Labute approximate surface area is 120 Å². The topological polar surface area (TPSA) is 90.4 Å². The maximum Gasteiger partial charge on any atom is 0.352 e. The van der Waals surface area contributed by atoms with Crippen molar-refractivity contribution in [1.29, 1.82) is 0 Å². The first kappa shape index (κ1) is 11.1. The lowest BCUT2D eigenvalue weighted by Gasteiger charge is -2.01. The number of halogens is 2. The molecule has 0 saturated heterocycles. The van der Waals surface area contributed by atoms with Gasteiger partial charge in [-0.3, -0.25) is 4.79 Å². The van der Waals surface area contributed by atoms with Gasteiger partial charge in [-0.05, 0) is 24.1 Å². The number of rotatable bonds is 4. The third-order valence-corrected chi connectivity index (χ3v) is 2.98. The molecule has 3 N–H and O–H groups in total. The van der Waals surface area contributed by atoms with Crippen LogP contribution in [0.4, 0.5) is 0 Å². The Balaban J connectivity index is 2.78. The van der Waals surface area contributed by atoms with Crippen LogP contribution in [0.3, 0.4) is 0 Å². The fourth-order valence-electron chi connectivity index (χ4n) is 1.76. The highest BCUT2D eigenvalue weighted by Gasteiger charge is 2.20. The van der Waals surface area contributed by atoms with Gasteiger partial charge in [-0.1, -0.05) is 23.2 Å². The number of aryl methyl sites for hydroxylation is 1. The second-order valence-corrected chi connectivity index (χ2v) is 4.54. The normalized spacial score (nSPS) is 15.7. The van der Waals surface area contributed by atoms with Crippen molar-refractivity contribution in [3.63, 3.8) is 0 Å². The summed E-state index contributed by atoms with van der Waals surface area (Å²) in [6.45, 7) is 0. The molecule has 0 amide bonds. The molecule has 0 fully saturated rings. The minimum Gasteiger partial charge on any atom is -0.481 e. The van der Waals surface area contributed by atoms with Gasteiger partial charge in [-0.2, -0.15) is 0 Å². The number of hydrogen-bond donors (Lipinski definition) is 3. The fourth-order valence-corrected chi connectivity index (χ4v) is 2.36. The fraction of sp³-hybridized carbons (Fsp3) is 0.167. The average Bonchev–Trinajstić information content (AvgIpc) is 2.76. The molecule has 100 valence electrons. The highest BCUT2D eigenvalue weighted by Crippen LogP contribution is 2.33. The Morgan fingerprint density at radius 1 is 1.32 bits per heavy atom. The number of fused-ring (bicyclic) bond motifs is 1. The summed E-state index contributed by atoms with van der Waals surface area (Å²) in [4.78, 5) is 24.7. The third kappa shape index (κ3) is 2.67. The van der Waals surface area contributed by atoms with Gasteiger partial charge >= 0.3 is 11.9 Å². The molecule has 1 aromatic heterocycles. The molecule has 7 heteroatoms. The predicted octanol–water partition coefficient (Wildman–Crippen LogP) is 3.19. The van der Waals surface area contributed by atoms with E-state index in [4.69, 9.17) is 31.0 Å². The molecule has 19 heavy (non-hydrogen) atoms. The number of carboxylic acid groups (broad SMARTS) is 2. The zero-order valence-corrected chi connectivity index (χ0v) is 10.8. The minimum absolute atomic E-state index is 0.0890. The number of H-pyrrole nitrogens is 1. The molecule has 1 aromatic carbocycles. The van der Waals surface area contributed by atoms with Gasteiger partial charge in [0.25, 0.3) is 0 Å². The van der Waals surface area contributed by atoms with E-state index >= 15 is 0 Å². The highest BCUT2D eigenvalue weighted by molar-refractivity contribution is 6.39. The molecule has 1 heterocycles. The molecule has 0 spiro atoms. The molecule has 0 radical (unpaired) electrons. The molecule has 2 rings (SSSR count). The van der Waals surface area contributed by atoms with Gasteiger partial charge in [0.1, 0.15) is 5.69 Å². The van der Waals surface area contributed by atoms with Crippen LogP contribution in [0.1, 0.15) is 25.2 Å². The highest BCUT2D eigenvalue weighted by atomic mass is 35.5. The van der Waals surface area contributed by atoms with E-state index < -0.39 is 24.7 Å². The first-order valence-corrected chi connectivity index (χ1v) is 5.80. The summed E-state index contributed by atoms with van der Waals surface area (Å²) in [7, 11) is 0. The maximum absolute atomic E-state index is 11.3. The summed E-state index contributed by atoms with van der Waals surface area (Å²) >= 11 is 11.9. The van der Waals surface area contributed by atoms with E-state index in [0.717, 1.165) is 0 Å². The van der Waals surface area contributed by atoms with Crippen LogP contribution >= 0.6 is 23.2 Å². The van der Waals surface area contributed by atoms with E-state index in [1.165, 1.54) is 12.1 Å². The Morgan fingerprint density at radius 3 is 2.58 bits per heavy atom. The second kappa shape index (κ2) is 5.11. The number of aromatic nitrogens is 1. The number of carbonyl (C=O) groups is 2. The number of carboxylic acids is 2. The van der Waals surface area contributed by atoms with Crippen LogP contribution in [0.15, 0.2) is 12.1 Å². The predicted molar refractivity (Wildman–Crippen MR) is 71.2 cm³/mol. The number of aliphatic carboxylic acids is 1.